The number of pyridine rings is 1. The van der Waals surface area contributed by atoms with Crippen molar-refractivity contribution in [2.24, 2.45) is 0 Å². The topological polar surface area (TPSA) is 24.9 Å². The number of aromatic nitrogens is 1. The number of nitrogens with zero attached hydrogens (tertiary/aromatic N) is 1. The van der Waals surface area contributed by atoms with E-state index in [0.29, 0.717) is 0 Å². The van der Waals surface area contributed by atoms with Gasteiger partial charge in [-0.05, 0) is 44.5 Å². The molecule has 2 nitrogen and oxygen atoms in total. The van der Waals surface area contributed by atoms with E-state index in [1.807, 2.05) is 19.2 Å². The minimum atomic E-state index is 1.05. The second-order valence-corrected chi connectivity index (χ2v) is 3.96. The first-order chi connectivity index (χ1) is 7.70. The maximum atomic E-state index is 4.34. The number of fused-ring (bicyclic) bond motifs is 1. The van der Waals surface area contributed by atoms with E-state index >= 15 is 0 Å². The van der Waals surface area contributed by atoms with Crippen LogP contribution in [0.15, 0.2) is 42.2 Å². The summed E-state index contributed by atoms with van der Waals surface area (Å²) < 4.78 is 0. The molecule has 1 N–H and O–H groups in total. The summed E-state index contributed by atoms with van der Waals surface area (Å²) in [7, 11) is 0. The molecule has 1 aromatic heterocycles. The Morgan fingerprint density at radius 3 is 2.94 bits per heavy atom. The number of hydrogen-bond acceptors (Lipinski definition) is 2. The van der Waals surface area contributed by atoms with Crippen LogP contribution in [-0.2, 0) is 0 Å². The SMILES string of the molecule is C/C=C(\C)Nc1cc2cccnc2cc1C. The Bertz CT molecular complexity index is 541. The Hall–Kier alpha value is -1.83. The smallest absolute Gasteiger partial charge is 0.0706 e. The molecule has 0 aliphatic rings. The third-order valence-corrected chi connectivity index (χ3v) is 2.71. The number of benzene rings is 1. The number of hydrogen-bond donors (Lipinski definition) is 1. The highest BCUT2D eigenvalue weighted by Crippen LogP contribution is 2.23. The fourth-order valence-electron chi connectivity index (χ4n) is 1.64. The summed E-state index contributed by atoms with van der Waals surface area (Å²) >= 11 is 0. The van der Waals surface area contributed by atoms with Crippen LogP contribution in [0.25, 0.3) is 10.9 Å². The van der Waals surface area contributed by atoms with Gasteiger partial charge in [0, 0.05) is 23.0 Å². The zero-order valence-corrected chi connectivity index (χ0v) is 9.91. The summed E-state index contributed by atoms with van der Waals surface area (Å²) in [5.41, 5.74) is 4.57. The van der Waals surface area contributed by atoms with Crippen LogP contribution < -0.4 is 5.32 Å². The van der Waals surface area contributed by atoms with Crippen LogP contribution in [0.4, 0.5) is 5.69 Å². The molecule has 2 aromatic rings. The fraction of sp³-hybridized carbons (Fsp3) is 0.214. The van der Waals surface area contributed by atoms with Crippen LogP contribution >= 0.6 is 0 Å². The van der Waals surface area contributed by atoms with Crippen molar-refractivity contribution in [3.8, 4) is 0 Å². The van der Waals surface area contributed by atoms with E-state index in [-0.39, 0.29) is 0 Å². The molecule has 1 heterocycles. The predicted octanol–water partition coefficient (Wildman–Crippen LogP) is 3.88. The molecule has 0 unspecified atom stereocenters. The molecule has 0 aliphatic carbocycles. The molecule has 2 rings (SSSR count). The first-order valence-corrected chi connectivity index (χ1v) is 5.46. The number of allylic oxidation sites excluding steroid dienone is 2. The molecule has 0 aliphatic heterocycles. The highest BCUT2D eigenvalue weighted by molar-refractivity contribution is 5.84. The van der Waals surface area contributed by atoms with Gasteiger partial charge in [-0.25, -0.2) is 0 Å². The number of rotatable bonds is 2. The Kier molecular flexibility index (Phi) is 2.91. The average Bonchev–Trinajstić information content (AvgIpc) is 2.30. The summed E-state index contributed by atoms with van der Waals surface area (Å²) in [4.78, 5) is 4.34. The average molecular weight is 212 g/mol. The Morgan fingerprint density at radius 1 is 1.38 bits per heavy atom. The third-order valence-electron chi connectivity index (χ3n) is 2.71. The van der Waals surface area contributed by atoms with Crippen LogP contribution in [0, 0.1) is 6.92 Å². The fourth-order valence-corrected chi connectivity index (χ4v) is 1.64. The van der Waals surface area contributed by atoms with E-state index in [9.17, 15) is 0 Å². The van der Waals surface area contributed by atoms with Gasteiger partial charge in [0.1, 0.15) is 0 Å². The van der Waals surface area contributed by atoms with Crippen LogP contribution in [0.2, 0.25) is 0 Å². The van der Waals surface area contributed by atoms with Crippen molar-refractivity contribution >= 4 is 16.6 Å². The van der Waals surface area contributed by atoms with Crippen LogP contribution in [-0.4, -0.2) is 4.98 Å². The van der Waals surface area contributed by atoms with Gasteiger partial charge in [0.05, 0.1) is 5.52 Å². The minimum Gasteiger partial charge on any atom is -0.359 e. The zero-order chi connectivity index (χ0) is 11.5. The van der Waals surface area contributed by atoms with Gasteiger partial charge in [0.2, 0.25) is 0 Å². The molecule has 0 saturated carbocycles. The predicted molar refractivity (Wildman–Crippen MR) is 69.5 cm³/mol. The van der Waals surface area contributed by atoms with Gasteiger partial charge < -0.3 is 5.32 Å². The van der Waals surface area contributed by atoms with E-state index in [4.69, 9.17) is 0 Å². The van der Waals surface area contributed by atoms with Crippen molar-refractivity contribution in [2.75, 3.05) is 5.32 Å². The Balaban J connectivity index is 2.50. The summed E-state index contributed by atoms with van der Waals surface area (Å²) in [6.45, 7) is 6.19. The first-order valence-electron chi connectivity index (χ1n) is 5.46. The normalized spacial score (nSPS) is 11.8. The first kappa shape index (κ1) is 10.7. The monoisotopic (exact) mass is 212 g/mol. The molecule has 1 aromatic carbocycles. The van der Waals surface area contributed by atoms with Crippen molar-refractivity contribution in [2.45, 2.75) is 20.8 Å². The molecule has 0 bridgehead atoms. The molecule has 0 spiro atoms. The summed E-state index contributed by atoms with van der Waals surface area (Å²) in [5, 5.41) is 4.55. The molecular formula is C14H16N2. The van der Waals surface area contributed by atoms with E-state index in [1.54, 1.807) is 0 Å². The summed E-state index contributed by atoms with van der Waals surface area (Å²) in [6.07, 6.45) is 3.89. The maximum absolute atomic E-state index is 4.34. The van der Waals surface area contributed by atoms with Crippen LogP contribution in [0.1, 0.15) is 19.4 Å². The van der Waals surface area contributed by atoms with Gasteiger partial charge >= 0.3 is 0 Å². The molecule has 0 amide bonds. The lowest BCUT2D eigenvalue weighted by atomic mass is 10.1. The number of nitrogens with one attached hydrogen (secondary N) is 1. The van der Waals surface area contributed by atoms with Gasteiger partial charge in [-0.15, -0.1) is 0 Å². The lowest BCUT2D eigenvalue weighted by Crippen LogP contribution is -1.97. The molecule has 0 radical (unpaired) electrons. The van der Waals surface area contributed by atoms with Crippen LogP contribution in [0.5, 0.6) is 0 Å². The van der Waals surface area contributed by atoms with Gasteiger partial charge in [-0.1, -0.05) is 12.1 Å². The third kappa shape index (κ3) is 2.06. The Labute approximate surface area is 96.0 Å². The standard InChI is InChI=1S/C14H16N2/c1-4-11(3)16-13-9-12-6-5-7-15-14(12)8-10(13)2/h4-9,16H,1-3H3/b11-4+. The minimum absolute atomic E-state index is 1.05. The second-order valence-electron chi connectivity index (χ2n) is 3.96. The van der Waals surface area contributed by atoms with E-state index in [1.165, 1.54) is 10.9 Å². The lowest BCUT2D eigenvalue weighted by molar-refractivity contribution is 1.32. The maximum Gasteiger partial charge on any atom is 0.0706 e. The molecule has 2 heteroatoms. The number of anilines is 1. The van der Waals surface area contributed by atoms with Gasteiger partial charge in [0.15, 0.2) is 0 Å². The molecular weight excluding hydrogens is 196 g/mol. The van der Waals surface area contributed by atoms with E-state index < -0.39 is 0 Å². The van der Waals surface area contributed by atoms with Crippen LogP contribution in [0.3, 0.4) is 0 Å². The molecule has 82 valence electrons. The second kappa shape index (κ2) is 4.35. The van der Waals surface area contributed by atoms with Crippen molar-refractivity contribution in [3.05, 3.63) is 47.8 Å². The molecule has 0 atom stereocenters. The molecule has 0 fully saturated rings. The van der Waals surface area contributed by atoms with E-state index in [0.717, 1.165) is 16.9 Å². The van der Waals surface area contributed by atoms with Gasteiger partial charge in [-0.3, -0.25) is 4.98 Å². The molecule has 16 heavy (non-hydrogen) atoms. The highest BCUT2D eigenvalue weighted by atomic mass is 14.9. The van der Waals surface area contributed by atoms with Crippen molar-refractivity contribution in [1.29, 1.82) is 0 Å². The number of aryl methyl sites for hydroxylation is 1. The van der Waals surface area contributed by atoms with E-state index in [2.05, 4.69) is 48.4 Å². The lowest BCUT2D eigenvalue weighted by Gasteiger charge is -2.10. The van der Waals surface area contributed by atoms with Gasteiger partial charge in [0.25, 0.3) is 0 Å². The van der Waals surface area contributed by atoms with Crippen molar-refractivity contribution in [3.63, 3.8) is 0 Å². The van der Waals surface area contributed by atoms with Gasteiger partial charge in [-0.2, -0.15) is 0 Å². The van der Waals surface area contributed by atoms with Crippen molar-refractivity contribution < 1.29 is 0 Å². The van der Waals surface area contributed by atoms with Crippen molar-refractivity contribution in [1.82, 2.24) is 4.98 Å². The molecule has 0 saturated heterocycles. The summed E-state index contributed by atoms with van der Waals surface area (Å²) in [5.74, 6) is 0. The zero-order valence-electron chi connectivity index (χ0n) is 9.91. The largest absolute Gasteiger partial charge is 0.359 e. The quantitative estimate of drug-likeness (QED) is 0.817. The Morgan fingerprint density at radius 2 is 2.19 bits per heavy atom. The highest BCUT2D eigenvalue weighted by Gasteiger charge is 2.01. The summed E-state index contributed by atoms with van der Waals surface area (Å²) in [6, 6.07) is 8.30.